The Morgan fingerprint density at radius 1 is 0.667 bits per heavy atom. The van der Waals surface area contributed by atoms with Gasteiger partial charge in [-0.3, -0.25) is 0 Å². The van der Waals surface area contributed by atoms with Crippen LogP contribution in [0.4, 0.5) is 0 Å². The molecule has 15 heavy (non-hydrogen) atoms. The van der Waals surface area contributed by atoms with Crippen LogP contribution in [0.2, 0.25) is 0 Å². The summed E-state index contributed by atoms with van der Waals surface area (Å²) in [5.41, 5.74) is 6.04. The van der Waals surface area contributed by atoms with Crippen molar-refractivity contribution in [2.75, 3.05) is 13.1 Å². The van der Waals surface area contributed by atoms with Crippen LogP contribution in [0, 0.1) is 0 Å². The molecule has 1 rings (SSSR count). The van der Waals surface area contributed by atoms with Gasteiger partial charge in [0.25, 0.3) is 0 Å². The summed E-state index contributed by atoms with van der Waals surface area (Å²) in [6, 6.07) is 0.439. The number of hydrogen-bond donors (Lipinski definition) is 1. The third-order valence-electron chi connectivity index (χ3n) is 3.02. The predicted octanol–water partition coefficient (Wildman–Crippen LogP) is 3.29. The molecule has 0 radical (unpaired) electrons. The van der Waals surface area contributed by atoms with Gasteiger partial charge >= 0.3 is 0 Å². The van der Waals surface area contributed by atoms with Gasteiger partial charge in [-0.1, -0.05) is 32.1 Å². The Balaban J connectivity index is 2.18. The van der Waals surface area contributed by atoms with E-state index < -0.39 is 0 Å². The van der Waals surface area contributed by atoms with Gasteiger partial charge in [0.1, 0.15) is 0 Å². The molecular weight excluding hydrogens is 186 g/mol. The zero-order chi connectivity index (χ0) is 10.8. The van der Waals surface area contributed by atoms with E-state index in [0.717, 1.165) is 13.1 Å². The molecule has 0 amide bonds. The van der Waals surface area contributed by atoms with Gasteiger partial charge in [-0.15, -0.1) is 0 Å². The molecule has 3 heteroatoms. The molecule has 0 aromatic carbocycles. The molecule has 0 saturated carbocycles. The molecule has 3 nitrogen and oxygen atoms in total. The normalized spacial score (nSPS) is 27.1. The van der Waals surface area contributed by atoms with Crippen LogP contribution in [0.15, 0.2) is 10.2 Å². The second-order valence-corrected chi connectivity index (χ2v) is 4.54. The average molecular weight is 211 g/mol. The van der Waals surface area contributed by atoms with Crippen LogP contribution in [-0.2, 0) is 0 Å². The molecule has 0 bridgehead atoms. The van der Waals surface area contributed by atoms with Crippen LogP contribution in [0.5, 0.6) is 0 Å². The first kappa shape index (κ1) is 12.6. The van der Waals surface area contributed by atoms with Crippen molar-refractivity contribution in [3.63, 3.8) is 0 Å². The number of nitrogens with two attached hydrogens (primary N) is 1. The van der Waals surface area contributed by atoms with Gasteiger partial charge < -0.3 is 5.73 Å². The fourth-order valence-electron chi connectivity index (χ4n) is 1.99. The summed E-state index contributed by atoms with van der Waals surface area (Å²) in [5, 5.41) is 8.35. The van der Waals surface area contributed by atoms with Crippen LogP contribution in [0.3, 0.4) is 0 Å². The SMILES string of the molecule is NC1CCCCCCN=NCCCCC1. The summed E-state index contributed by atoms with van der Waals surface area (Å²) in [4.78, 5) is 0. The van der Waals surface area contributed by atoms with Crippen LogP contribution in [0.1, 0.15) is 57.8 Å². The molecular formula is C12H25N3. The zero-order valence-corrected chi connectivity index (χ0v) is 9.83. The van der Waals surface area contributed by atoms with Gasteiger partial charge in [0, 0.05) is 6.04 Å². The second-order valence-electron chi connectivity index (χ2n) is 4.54. The van der Waals surface area contributed by atoms with Crippen molar-refractivity contribution in [3.8, 4) is 0 Å². The first-order valence-electron chi connectivity index (χ1n) is 6.48. The summed E-state index contributed by atoms with van der Waals surface area (Å²) >= 11 is 0. The number of nitrogens with zero attached hydrogens (tertiary/aromatic N) is 2. The summed E-state index contributed by atoms with van der Waals surface area (Å²) < 4.78 is 0. The predicted molar refractivity (Wildman–Crippen MR) is 64.1 cm³/mol. The summed E-state index contributed by atoms with van der Waals surface area (Å²) in [7, 11) is 0. The zero-order valence-electron chi connectivity index (χ0n) is 9.83. The number of hydrogen-bond acceptors (Lipinski definition) is 3. The van der Waals surface area contributed by atoms with Crippen LogP contribution >= 0.6 is 0 Å². The van der Waals surface area contributed by atoms with E-state index in [1.807, 2.05) is 0 Å². The van der Waals surface area contributed by atoms with Crippen molar-refractivity contribution in [2.45, 2.75) is 63.8 Å². The van der Waals surface area contributed by atoms with E-state index in [2.05, 4.69) is 10.2 Å². The highest BCUT2D eigenvalue weighted by atomic mass is 15.1. The molecule has 0 fully saturated rings. The number of rotatable bonds is 0. The summed E-state index contributed by atoms with van der Waals surface area (Å²) in [6.07, 6.45) is 11.2. The summed E-state index contributed by atoms with van der Waals surface area (Å²) in [6.45, 7) is 1.83. The molecule has 0 spiro atoms. The van der Waals surface area contributed by atoms with Crippen molar-refractivity contribution in [1.29, 1.82) is 0 Å². The van der Waals surface area contributed by atoms with Gasteiger partial charge in [-0.25, -0.2) is 0 Å². The maximum Gasteiger partial charge on any atom is 0.0598 e. The lowest BCUT2D eigenvalue weighted by molar-refractivity contribution is 0.488. The third-order valence-corrected chi connectivity index (χ3v) is 3.02. The van der Waals surface area contributed by atoms with Crippen molar-refractivity contribution < 1.29 is 0 Å². The Bertz CT molecular complexity index is 168. The smallest absolute Gasteiger partial charge is 0.0598 e. The maximum atomic E-state index is 6.04. The molecule has 2 N–H and O–H groups in total. The Morgan fingerprint density at radius 2 is 1.13 bits per heavy atom. The molecule has 1 heterocycles. The van der Waals surface area contributed by atoms with Crippen molar-refractivity contribution in [1.82, 2.24) is 0 Å². The van der Waals surface area contributed by atoms with Crippen LogP contribution < -0.4 is 5.73 Å². The Kier molecular flexibility index (Phi) is 7.44. The average Bonchev–Trinajstić information content (AvgIpc) is 2.24. The lowest BCUT2D eigenvalue weighted by Gasteiger charge is -2.11. The minimum Gasteiger partial charge on any atom is -0.328 e. The first-order chi connectivity index (χ1) is 7.39. The van der Waals surface area contributed by atoms with Crippen molar-refractivity contribution in [3.05, 3.63) is 0 Å². The van der Waals surface area contributed by atoms with E-state index in [0.29, 0.717) is 6.04 Å². The van der Waals surface area contributed by atoms with E-state index in [4.69, 9.17) is 5.73 Å². The second kappa shape index (κ2) is 8.84. The first-order valence-corrected chi connectivity index (χ1v) is 6.48. The quantitative estimate of drug-likeness (QED) is 0.656. The van der Waals surface area contributed by atoms with Gasteiger partial charge in [0.2, 0.25) is 0 Å². The van der Waals surface area contributed by atoms with Crippen molar-refractivity contribution in [2.24, 2.45) is 16.0 Å². The van der Waals surface area contributed by atoms with Crippen LogP contribution in [-0.4, -0.2) is 19.1 Å². The minimum absolute atomic E-state index is 0.439. The maximum absolute atomic E-state index is 6.04. The van der Waals surface area contributed by atoms with Crippen LogP contribution in [0.25, 0.3) is 0 Å². The molecule has 0 aliphatic carbocycles. The van der Waals surface area contributed by atoms with Gasteiger partial charge in [0.05, 0.1) is 13.1 Å². The molecule has 1 aliphatic rings. The standard InChI is InChI=1S/C12H25N3/c13-12-8-4-1-2-6-10-14-15-11-7-3-5-9-12/h12H,1-11,13H2. The highest BCUT2D eigenvalue weighted by Crippen LogP contribution is 2.11. The largest absolute Gasteiger partial charge is 0.328 e. The van der Waals surface area contributed by atoms with E-state index in [-0.39, 0.29) is 0 Å². The Labute approximate surface area is 93.5 Å². The molecule has 0 saturated heterocycles. The molecule has 0 aromatic heterocycles. The van der Waals surface area contributed by atoms with Gasteiger partial charge in [0.15, 0.2) is 0 Å². The van der Waals surface area contributed by atoms with E-state index >= 15 is 0 Å². The third kappa shape index (κ3) is 7.48. The Hall–Kier alpha value is -0.440. The molecule has 1 aliphatic heterocycles. The highest BCUT2D eigenvalue weighted by molar-refractivity contribution is 4.62. The molecule has 0 aromatic rings. The minimum atomic E-state index is 0.439. The van der Waals surface area contributed by atoms with E-state index in [9.17, 15) is 0 Å². The lowest BCUT2D eigenvalue weighted by Crippen LogP contribution is -2.19. The highest BCUT2D eigenvalue weighted by Gasteiger charge is 2.02. The molecule has 1 unspecified atom stereocenters. The lowest BCUT2D eigenvalue weighted by atomic mass is 10.0. The fraction of sp³-hybridized carbons (Fsp3) is 1.00. The van der Waals surface area contributed by atoms with Gasteiger partial charge in [-0.2, -0.15) is 10.2 Å². The summed E-state index contributed by atoms with van der Waals surface area (Å²) in [5.74, 6) is 0. The van der Waals surface area contributed by atoms with E-state index in [1.165, 1.54) is 57.8 Å². The topological polar surface area (TPSA) is 50.7 Å². The fourth-order valence-corrected chi connectivity index (χ4v) is 1.99. The number of azo groups is 1. The molecule has 1 atom stereocenters. The Morgan fingerprint density at radius 3 is 1.73 bits per heavy atom. The van der Waals surface area contributed by atoms with Crippen molar-refractivity contribution >= 4 is 0 Å². The molecule has 88 valence electrons. The monoisotopic (exact) mass is 211 g/mol. The van der Waals surface area contributed by atoms with E-state index in [1.54, 1.807) is 0 Å². The van der Waals surface area contributed by atoms with Gasteiger partial charge in [-0.05, 0) is 25.7 Å².